The lowest BCUT2D eigenvalue weighted by molar-refractivity contribution is -0.139. The summed E-state index contributed by atoms with van der Waals surface area (Å²) in [6.45, 7) is 5.14. The first-order chi connectivity index (χ1) is 19.2. The van der Waals surface area contributed by atoms with Crippen LogP contribution in [0.5, 0.6) is 0 Å². The smallest absolute Gasteiger partial charge is 0.326 e. The van der Waals surface area contributed by atoms with Gasteiger partial charge in [-0.25, -0.2) is 14.2 Å². The molecule has 0 radical (unpaired) electrons. The molecule has 0 bridgehead atoms. The van der Waals surface area contributed by atoms with Crippen molar-refractivity contribution < 1.29 is 23.8 Å². The maximum absolute atomic E-state index is 15.0. The molecule has 3 N–H and O–H groups in total. The zero-order valence-electron chi connectivity index (χ0n) is 23.4. The highest BCUT2D eigenvalue weighted by Gasteiger charge is 2.24. The molecule has 1 aliphatic heterocycles. The summed E-state index contributed by atoms with van der Waals surface area (Å²) in [4.78, 5) is 29.3. The molecule has 3 aromatic rings. The Morgan fingerprint density at radius 2 is 2.02 bits per heavy atom. The summed E-state index contributed by atoms with van der Waals surface area (Å²) in [7, 11) is 1.83. The molecule has 1 aromatic carbocycles. The highest BCUT2D eigenvalue weighted by Crippen LogP contribution is 2.21. The van der Waals surface area contributed by atoms with Crippen molar-refractivity contribution in [2.75, 3.05) is 25.1 Å². The monoisotopic (exact) mass is 551 g/mol. The largest absolute Gasteiger partial charge is 0.480 e. The van der Waals surface area contributed by atoms with Gasteiger partial charge in [0.05, 0.1) is 11.3 Å². The summed E-state index contributed by atoms with van der Waals surface area (Å²) in [5.74, 6) is -1.63. The molecular weight excluding hydrogens is 513 g/mol. The second kappa shape index (κ2) is 13.5. The number of unbranched alkanes of at least 4 members (excludes halogenated alkanes) is 1. The molecule has 1 unspecified atom stereocenters. The molecule has 1 atom stereocenters. The van der Waals surface area contributed by atoms with Crippen LogP contribution in [0.15, 0.2) is 30.3 Å². The molecule has 0 aliphatic carbocycles. The van der Waals surface area contributed by atoms with E-state index in [9.17, 15) is 19.1 Å². The van der Waals surface area contributed by atoms with E-state index in [1.807, 2.05) is 20.0 Å². The number of fused-ring (bicyclic) bond motifs is 1. The van der Waals surface area contributed by atoms with Crippen molar-refractivity contribution in [3.05, 3.63) is 75.5 Å². The number of aliphatic carboxylic acids is 1. The predicted octanol–water partition coefficient (Wildman–Crippen LogP) is 4.13. The van der Waals surface area contributed by atoms with Gasteiger partial charge in [-0.2, -0.15) is 5.10 Å². The van der Waals surface area contributed by atoms with E-state index in [0.29, 0.717) is 24.2 Å². The second-order valence-electron chi connectivity index (χ2n) is 10.4. The number of nitrogens with one attached hydrogen (secondary N) is 2. The number of halogens is 1. The van der Waals surface area contributed by atoms with Crippen LogP contribution in [0, 0.1) is 19.7 Å². The Labute approximate surface area is 234 Å². The van der Waals surface area contributed by atoms with Crippen LogP contribution in [0.4, 0.5) is 10.2 Å². The van der Waals surface area contributed by atoms with Crippen LogP contribution in [-0.4, -0.2) is 57.5 Å². The molecule has 9 nitrogen and oxygen atoms in total. The molecule has 2 aromatic heterocycles. The average molecular weight is 552 g/mol. The Bertz CT molecular complexity index is 1330. The van der Waals surface area contributed by atoms with E-state index in [1.165, 1.54) is 11.6 Å². The fraction of sp³-hybridized carbons (Fsp3) is 0.467. The number of carboxylic acids is 1. The Kier molecular flexibility index (Phi) is 9.87. The van der Waals surface area contributed by atoms with Crippen LogP contribution in [-0.2, 0) is 35.8 Å². The van der Waals surface area contributed by atoms with Crippen molar-refractivity contribution in [1.29, 1.82) is 0 Å². The minimum atomic E-state index is -1.19. The van der Waals surface area contributed by atoms with Gasteiger partial charge in [0.2, 0.25) is 0 Å². The van der Waals surface area contributed by atoms with Crippen LogP contribution < -0.4 is 10.6 Å². The zero-order valence-corrected chi connectivity index (χ0v) is 23.4. The van der Waals surface area contributed by atoms with Crippen LogP contribution in [0.3, 0.4) is 0 Å². The van der Waals surface area contributed by atoms with Crippen molar-refractivity contribution in [2.45, 2.75) is 64.8 Å². The number of anilines is 1. The van der Waals surface area contributed by atoms with E-state index in [-0.39, 0.29) is 18.6 Å². The van der Waals surface area contributed by atoms with Gasteiger partial charge in [0.1, 0.15) is 17.7 Å². The van der Waals surface area contributed by atoms with Gasteiger partial charge in [0, 0.05) is 51.0 Å². The third-order valence-electron chi connectivity index (χ3n) is 7.14. The zero-order chi connectivity index (χ0) is 28.6. The lowest BCUT2D eigenvalue weighted by Crippen LogP contribution is -2.42. The van der Waals surface area contributed by atoms with Crippen molar-refractivity contribution >= 4 is 17.7 Å². The summed E-state index contributed by atoms with van der Waals surface area (Å²) < 4.78 is 22.4. The Hall–Kier alpha value is -3.79. The number of benzene rings is 1. The highest BCUT2D eigenvalue weighted by molar-refractivity contribution is 5.98. The van der Waals surface area contributed by atoms with E-state index in [2.05, 4.69) is 27.9 Å². The molecule has 4 rings (SSSR count). The number of rotatable bonds is 13. The van der Waals surface area contributed by atoms with Crippen LogP contribution in [0.25, 0.3) is 0 Å². The topological polar surface area (TPSA) is 118 Å². The number of carboxylic acid groups (broad SMARTS) is 1. The van der Waals surface area contributed by atoms with E-state index in [4.69, 9.17) is 9.72 Å². The number of carbonyl (C=O) groups is 2. The number of carbonyl (C=O) groups excluding carboxylic acids is 1. The van der Waals surface area contributed by atoms with E-state index < -0.39 is 23.7 Å². The van der Waals surface area contributed by atoms with Gasteiger partial charge in [-0.15, -0.1) is 0 Å². The van der Waals surface area contributed by atoms with Gasteiger partial charge in [0.25, 0.3) is 5.91 Å². The summed E-state index contributed by atoms with van der Waals surface area (Å²) in [5.41, 5.74) is 5.10. The Morgan fingerprint density at radius 1 is 1.20 bits per heavy atom. The van der Waals surface area contributed by atoms with E-state index in [1.54, 1.807) is 17.7 Å². The summed E-state index contributed by atoms with van der Waals surface area (Å²) in [6.07, 6.45) is 5.30. The molecule has 0 fully saturated rings. The fourth-order valence-corrected chi connectivity index (χ4v) is 5.05. The number of pyridine rings is 1. The maximum Gasteiger partial charge on any atom is 0.326 e. The lowest BCUT2D eigenvalue weighted by Gasteiger charge is -2.17. The van der Waals surface area contributed by atoms with Crippen molar-refractivity contribution in [3.8, 4) is 0 Å². The number of hydrogen-bond acceptors (Lipinski definition) is 6. The second-order valence-corrected chi connectivity index (χ2v) is 10.4. The predicted molar refractivity (Wildman–Crippen MR) is 150 cm³/mol. The first-order valence-electron chi connectivity index (χ1n) is 13.8. The summed E-state index contributed by atoms with van der Waals surface area (Å²) >= 11 is 0. The standard InChI is InChI=1S/C30H38FN5O4/c1-19-15-21(17-24-16-20(2)35-36(24)3)18-25(31)27(19)29(37)34-26(30(38)39)11-14-40-13-5-4-8-23-10-9-22-7-6-12-32-28(22)33-23/h9-10,15-16,18,26H,4-8,11-14,17H2,1-3H3,(H,32,33)(H,34,37)(H,38,39). The van der Waals surface area contributed by atoms with Crippen molar-refractivity contribution in [2.24, 2.45) is 7.05 Å². The molecule has 1 aliphatic rings. The quantitative estimate of drug-likeness (QED) is 0.273. The Morgan fingerprint density at radius 3 is 2.75 bits per heavy atom. The minimum absolute atomic E-state index is 0.0811. The van der Waals surface area contributed by atoms with Crippen molar-refractivity contribution in [1.82, 2.24) is 20.1 Å². The highest BCUT2D eigenvalue weighted by atomic mass is 19.1. The molecular formula is C30H38FN5O4. The van der Waals surface area contributed by atoms with Gasteiger partial charge in [-0.3, -0.25) is 9.48 Å². The van der Waals surface area contributed by atoms with Gasteiger partial charge < -0.3 is 20.5 Å². The summed E-state index contributed by atoms with van der Waals surface area (Å²) in [5, 5.41) is 19.7. The van der Waals surface area contributed by atoms with E-state index >= 15 is 0 Å². The molecule has 3 heterocycles. The molecule has 0 saturated carbocycles. The van der Waals surface area contributed by atoms with Crippen molar-refractivity contribution in [3.63, 3.8) is 0 Å². The fourth-order valence-electron chi connectivity index (χ4n) is 5.05. The number of ether oxygens (including phenoxy) is 1. The molecule has 1 amide bonds. The average Bonchev–Trinajstić information content (AvgIpc) is 3.22. The van der Waals surface area contributed by atoms with Gasteiger partial charge in [-0.05, 0) is 80.8 Å². The van der Waals surface area contributed by atoms with Crippen LogP contribution in [0.2, 0.25) is 0 Å². The molecule has 0 spiro atoms. The first-order valence-corrected chi connectivity index (χ1v) is 13.8. The third kappa shape index (κ3) is 7.65. The number of aromatic nitrogens is 3. The first kappa shape index (κ1) is 29.2. The van der Waals surface area contributed by atoms with E-state index in [0.717, 1.165) is 61.5 Å². The number of amides is 1. The number of hydrogen-bond donors (Lipinski definition) is 3. The third-order valence-corrected chi connectivity index (χ3v) is 7.14. The molecule has 40 heavy (non-hydrogen) atoms. The van der Waals surface area contributed by atoms with Crippen LogP contribution >= 0.6 is 0 Å². The summed E-state index contributed by atoms with van der Waals surface area (Å²) in [6, 6.07) is 8.03. The maximum atomic E-state index is 15.0. The lowest BCUT2D eigenvalue weighted by atomic mass is 10.00. The van der Waals surface area contributed by atoms with Gasteiger partial charge in [0.15, 0.2) is 0 Å². The molecule has 214 valence electrons. The van der Waals surface area contributed by atoms with Gasteiger partial charge in [-0.1, -0.05) is 12.1 Å². The normalized spacial score (nSPS) is 13.4. The number of nitrogens with zero attached hydrogens (tertiary/aromatic N) is 3. The Balaban J connectivity index is 1.22. The number of aryl methyl sites for hydroxylation is 5. The van der Waals surface area contributed by atoms with Gasteiger partial charge >= 0.3 is 5.97 Å². The van der Waals surface area contributed by atoms with Crippen LogP contribution in [0.1, 0.15) is 69.8 Å². The minimum Gasteiger partial charge on any atom is -0.480 e. The molecule has 0 saturated heterocycles. The molecule has 10 heteroatoms. The SMILES string of the molecule is Cc1cc(Cc2cc(C)c(C(=O)NC(CCOCCCCc3ccc4c(n3)NCCC4)C(=O)O)c(F)c2)n(C)n1.